The van der Waals surface area contributed by atoms with Crippen molar-refractivity contribution < 1.29 is 9.18 Å². The van der Waals surface area contributed by atoms with Crippen molar-refractivity contribution in [1.82, 2.24) is 0 Å². The first-order chi connectivity index (χ1) is 5.25. The van der Waals surface area contributed by atoms with Crippen LogP contribution in [0.5, 0.6) is 0 Å². The smallest absolute Gasteiger partial charge is 0.211 e. The van der Waals surface area contributed by atoms with Gasteiger partial charge in [-0.05, 0) is 12.1 Å². The van der Waals surface area contributed by atoms with Crippen LogP contribution in [0.4, 0.5) is 10.1 Å². The number of hydrogen-bond acceptors (Lipinski definition) is 1. The molecular weight excluding hydrogens is 169 g/mol. The molecule has 0 aliphatic rings. The summed E-state index contributed by atoms with van der Waals surface area (Å²) in [6, 6.07) is 4.39. The van der Waals surface area contributed by atoms with Crippen LogP contribution < -0.4 is 5.32 Å². The first-order valence-electron chi connectivity index (χ1n) is 2.90. The van der Waals surface area contributed by atoms with Gasteiger partial charge >= 0.3 is 0 Å². The summed E-state index contributed by atoms with van der Waals surface area (Å²) in [5.41, 5.74) is 0.0903. The normalized spacial score (nSPS) is 9.27. The highest BCUT2D eigenvalue weighted by Gasteiger charge is 2.03. The Bertz CT molecular complexity index is 277. The van der Waals surface area contributed by atoms with E-state index >= 15 is 0 Å². The zero-order valence-electron chi connectivity index (χ0n) is 5.47. The summed E-state index contributed by atoms with van der Waals surface area (Å²) in [7, 11) is 0. The van der Waals surface area contributed by atoms with E-state index in [9.17, 15) is 9.18 Å². The van der Waals surface area contributed by atoms with Gasteiger partial charge in [0.05, 0.1) is 10.7 Å². The Morgan fingerprint density at radius 1 is 1.55 bits per heavy atom. The second-order valence-corrected chi connectivity index (χ2v) is 2.27. The average molecular weight is 174 g/mol. The molecule has 58 valence electrons. The van der Waals surface area contributed by atoms with E-state index in [1.165, 1.54) is 12.1 Å². The van der Waals surface area contributed by atoms with Crippen LogP contribution in [0.15, 0.2) is 18.2 Å². The van der Waals surface area contributed by atoms with Gasteiger partial charge in [-0.15, -0.1) is 0 Å². The van der Waals surface area contributed by atoms with E-state index in [0.29, 0.717) is 6.41 Å². The molecule has 11 heavy (non-hydrogen) atoms. The molecule has 0 radical (unpaired) electrons. The zero-order chi connectivity index (χ0) is 8.27. The van der Waals surface area contributed by atoms with E-state index < -0.39 is 5.82 Å². The van der Waals surface area contributed by atoms with Gasteiger partial charge in [-0.2, -0.15) is 0 Å². The molecule has 2 nitrogen and oxygen atoms in total. The minimum absolute atomic E-state index is 0.00292. The fourth-order valence-electron chi connectivity index (χ4n) is 0.679. The highest BCUT2D eigenvalue weighted by atomic mass is 35.5. The second-order valence-electron chi connectivity index (χ2n) is 1.86. The molecule has 1 aromatic rings. The third-order valence-corrected chi connectivity index (χ3v) is 1.46. The van der Waals surface area contributed by atoms with E-state index in [4.69, 9.17) is 11.6 Å². The molecule has 0 spiro atoms. The van der Waals surface area contributed by atoms with Crippen molar-refractivity contribution >= 4 is 23.7 Å². The van der Waals surface area contributed by atoms with Crippen LogP contribution in [0.25, 0.3) is 0 Å². The third-order valence-electron chi connectivity index (χ3n) is 1.17. The number of rotatable bonds is 2. The molecule has 1 N–H and O–H groups in total. The van der Waals surface area contributed by atoms with Crippen molar-refractivity contribution in [2.45, 2.75) is 0 Å². The Kier molecular flexibility index (Phi) is 2.44. The van der Waals surface area contributed by atoms with Gasteiger partial charge in [-0.1, -0.05) is 17.7 Å². The molecule has 0 fully saturated rings. The number of halogens is 2. The molecule has 0 aromatic heterocycles. The molecule has 0 unspecified atom stereocenters. The Morgan fingerprint density at radius 3 is 2.91 bits per heavy atom. The maximum absolute atomic E-state index is 12.8. The molecule has 0 bridgehead atoms. The summed E-state index contributed by atoms with van der Waals surface area (Å²) in [6.45, 7) is 0. The van der Waals surface area contributed by atoms with E-state index in [1.807, 2.05) is 0 Å². The number of carbonyl (C=O) groups is 1. The molecule has 0 heterocycles. The van der Waals surface area contributed by atoms with Crippen LogP contribution in [0, 0.1) is 5.82 Å². The van der Waals surface area contributed by atoms with Gasteiger partial charge in [0.25, 0.3) is 0 Å². The Labute approximate surface area is 68.0 Å². The van der Waals surface area contributed by atoms with Crippen molar-refractivity contribution in [2.24, 2.45) is 0 Å². The van der Waals surface area contributed by atoms with Crippen molar-refractivity contribution in [3.63, 3.8) is 0 Å². The molecule has 0 saturated heterocycles. The number of amides is 1. The first kappa shape index (κ1) is 8.01. The number of hydrogen-bond donors (Lipinski definition) is 1. The van der Waals surface area contributed by atoms with Crippen molar-refractivity contribution in [3.8, 4) is 0 Å². The molecule has 0 atom stereocenters. The van der Waals surface area contributed by atoms with Crippen molar-refractivity contribution in [2.75, 3.05) is 5.32 Å². The maximum atomic E-state index is 12.8. The van der Waals surface area contributed by atoms with Gasteiger partial charge < -0.3 is 5.32 Å². The van der Waals surface area contributed by atoms with E-state index in [2.05, 4.69) is 5.32 Å². The molecule has 0 aliphatic heterocycles. The first-order valence-corrected chi connectivity index (χ1v) is 3.27. The van der Waals surface area contributed by atoms with Gasteiger partial charge in [0.15, 0.2) is 5.82 Å². The summed E-state index contributed by atoms with van der Waals surface area (Å²) in [6.07, 6.45) is 0.398. The minimum Gasteiger partial charge on any atom is -0.326 e. The second kappa shape index (κ2) is 3.34. The summed E-state index contributed by atoms with van der Waals surface area (Å²) < 4.78 is 12.8. The predicted molar refractivity (Wildman–Crippen MR) is 41.1 cm³/mol. The van der Waals surface area contributed by atoms with Gasteiger partial charge in [-0.3, -0.25) is 4.79 Å². The number of benzene rings is 1. The molecule has 1 amide bonds. The SMILES string of the molecule is O=CNc1cccc(Cl)c1F. The topological polar surface area (TPSA) is 29.1 Å². The maximum Gasteiger partial charge on any atom is 0.211 e. The van der Waals surface area contributed by atoms with Crippen LogP contribution in [0.1, 0.15) is 0 Å². The van der Waals surface area contributed by atoms with E-state index in [1.54, 1.807) is 6.07 Å². The lowest BCUT2D eigenvalue weighted by atomic mass is 10.3. The molecular formula is C7H5ClFNO. The Morgan fingerprint density at radius 2 is 2.27 bits per heavy atom. The van der Waals surface area contributed by atoms with Gasteiger partial charge in [-0.25, -0.2) is 4.39 Å². The van der Waals surface area contributed by atoms with Crippen LogP contribution >= 0.6 is 11.6 Å². The van der Waals surface area contributed by atoms with Crippen LogP contribution in [0.2, 0.25) is 5.02 Å². The van der Waals surface area contributed by atoms with Crippen LogP contribution in [-0.4, -0.2) is 6.41 Å². The average Bonchev–Trinajstić information content (AvgIpc) is 1.99. The summed E-state index contributed by atoms with van der Waals surface area (Å²) in [5, 5.41) is 2.17. The molecule has 0 saturated carbocycles. The van der Waals surface area contributed by atoms with Gasteiger partial charge in [0.1, 0.15) is 0 Å². The van der Waals surface area contributed by atoms with E-state index in [-0.39, 0.29) is 10.7 Å². The minimum atomic E-state index is -0.610. The van der Waals surface area contributed by atoms with Gasteiger partial charge in [0, 0.05) is 0 Å². The van der Waals surface area contributed by atoms with Crippen LogP contribution in [-0.2, 0) is 4.79 Å². The number of nitrogens with one attached hydrogen (secondary N) is 1. The summed E-state index contributed by atoms with van der Waals surface area (Å²) in [5.74, 6) is -0.610. The van der Waals surface area contributed by atoms with Crippen molar-refractivity contribution in [1.29, 1.82) is 0 Å². The highest BCUT2D eigenvalue weighted by Crippen LogP contribution is 2.20. The van der Waals surface area contributed by atoms with E-state index in [0.717, 1.165) is 0 Å². The lowest BCUT2D eigenvalue weighted by Gasteiger charge is -2.00. The molecule has 1 aromatic carbocycles. The lowest BCUT2D eigenvalue weighted by Crippen LogP contribution is -1.96. The standard InChI is InChI=1S/C7H5ClFNO/c8-5-2-1-3-6(7(5)9)10-4-11/h1-4H,(H,10,11). The molecule has 4 heteroatoms. The quantitative estimate of drug-likeness (QED) is 0.682. The lowest BCUT2D eigenvalue weighted by molar-refractivity contribution is -0.105. The predicted octanol–water partition coefficient (Wildman–Crippen LogP) is 2.05. The fraction of sp³-hybridized carbons (Fsp3) is 0. The number of anilines is 1. The van der Waals surface area contributed by atoms with Gasteiger partial charge in [0.2, 0.25) is 6.41 Å². The summed E-state index contributed by atoms with van der Waals surface area (Å²) in [4.78, 5) is 9.92. The highest BCUT2D eigenvalue weighted by molar-refractivity contribution is 6.31. The zero-order valence-corrected chi connectivity index (χ0v) is 6.23. The summed E-state index contributed by atoms with van der Waals surface area (Å²) >= 11 is 5.42. The molecule has 0 aliphatic carbocycles. The van der Waals surface area contributed by atoms with Crippen molar-refractivity contribution in [3.05, 3.63) is 29.0 Å². The van der Waals surface area contributed by atoms with Crippen LogP contribution in [0.3, 0.4) is 0 Å². The Balaban J connectivity index is 3.05. The largest absolute Gasteiger partial charge is 0.326 e. The number of carbonyl (C=O) groups excluding carboxylic acids is 1. The third kappa shape index (κ3) is 1.68. The molecule has 1 rings (SSSR count). The monoisotopic (exact) mass is 173 g/mol. The fourth-order valence-corrected chi connectivity index (χ4v) is 0.853. The Hall–Kier alpha value is -1.09.